The van der Waals surface area contributed by atoms with Gasteiger partial charge in [-0.05, 0) is 24.8 Å². The van der Waals surface area contributed by atoms with Gasteiger partial charge in [0.25, 0.3) is 0 Å². The second kappa shape index (κ2) is 6.75. The number of aromatic nitrogens is 2. The van der Waals surface area contributed by atoms with E-state index in [0.717, 1.165) is 17.8 Å². The van der Waals surface area contributed by atoms with Crippen LogP contribution in [0.25, 0.3) is 0 Å². The summed E-state index contributed by atoms with van der Waals surface area (Å²) in [5.41, 5.74) is 2.11. The van der Waals surface area contributed by atoms with Crippen molar-refractivity contribution in [2.75, 3.05) is 18.1 Å². The molecule has 6 heteroatoms. The number of rotatable bonds is 7. The molecule has 1 aromatic heterocycles. The monoisotopic (exact) mass is 311 g/mol. The summed E-state index contributed by atoms with van der Waals surface area (Å²) >= 11 is 0. The highest BCUT2D eigenvalue weighted by Gasteiger charge is 2.31. The Labute approximate surface area is 127 Å². The molecule has 118 valence electrons. The summed E-state index contributed by atoms with van der Waals surface area (Å²) in [6, 6.07) is 2.17. The first-order valence-electron chi connectivity index (χ1n) is 7.48. The van der Waals surface area contributed by atoms with Crippen LogP contribution < -0.4 is 0 Å². The van der Waals surface area contributed by atoms with Crippen molar-refractivity contribution in [1.29, 1.82) is 0 Å². The van der Waals surface area contributed by atoms with E-state index >= 15 is 0 Å². The zero-order valence-electron chi connectivity index (χ0n) is 12.9. The molecule has 0 radical (unpaired) electrons. The molecule has 1 unspecified atom stereocenters. The molecule has 1 aliphatic rings. The zero-order chi connectivity index (χ0) is 15.5. The highest BCUT2D eigenvalue weighted by Crippen LogP contribution is 2.20. The number of nitrogens with one attached hydrogen (secondary N) is 1. The molecule has 0 bridgehead atoms. The van der Waals surface area contributed by atoms with Crippen LogP contribution in [0.15, 0.2) is 18.7 Å². The Hall–Kier alpha value is -1.14. The third kappa shape index (κ3) is 4.68. The number of hydrogen-bond acceptors (Lipinski definition) is 4. The molecule has 0 spiro atoms. The second-order valence-corrected chi connectivity index (χ2v) is 8.49. The van der Waals surface area contributed by atoms with Crippen LogP contribution >= 0.6 is 0 Å². The highest BCUT2D eigenvalue weighted by molar-refractivity contribution is 7.91. The van der Waals surface area contributed by atoms with Crippen molar-refractivity contribution in [2.45, 2.75) is 39.3 Å². The van der Waals surface area contributed by atoms with Crippen molar-refractivity contribution in [1.82, 2.24) is 15.1 Å². The van der Waals surface area contributed by atoms with E-state index in [2.05, 4.69) is 41.6 Å². The fourth-order valence-corrected chi connectivity index (χ4v) is 4.57. The van der Waals surface area contributed by atoms with Gasteiger partial charge in [0, 0.05) is 24.8 Å². The minimum atomic E-state index is -2.86. The number of sulfone groups is 1. The first kappa shape index (κ1) is 16.2. The Morgan fingerprint density at radius 3 is 2.90 bits per heavy atom. The molecule has 0 aromatic carbocycles. The van der Waals surface area contributed by atoms with Gasteiger partial charge in [-0.3, -0.25) is 10.00 Å². The van der Waals surface area contributed by atoms with Crippen LogP contribution in [-0.2, 0) is 22.8 Å². The third-order valence-corrected chi connectivity index (χ3v) is 5.51. The van der Waals surface area contributed by atoms with Gasteiger partial charge in [0.05, 0.1) is 17.2 Å². The SMILES string of the molecule is C=CCN(Cc1cc(CC(C)C)n[nH]1)C1CCS(=O)(=O)C1. The molecule has 1 saturated heterocycles. The fraction of sp³-hybridized carbons (Fsp3) is 0.667. The lowest BCUT2D eigenvalue weighted by Crippen LogP contribution is -2.35. The standard InChI is InChI=1S/C15H25N3O2S/c1-4-6-18(15-5-7-21(19,20)11-15)10-14-9-13(16-17-14)8-12(2)3/h4,9,12,15H,1,5-8,10-11H2,2-3H3,(H,16,17). The third-order valence-electron chi connectivity index (χ3n) is 3.76. The number of aromatic amines is 1. The molecule has 2 rings (SSSR count). The minimum Gasteiger partial charge on any atom is -0.290 e. The molecule has 5 nitrogen and oxygen atoms in total. The summed E-state index contributed by atoms with van der Waals surface area (Å²) in [4.78, 5) is 2.17. The lowest BCUT2D eigenvalue weighted by Gasteiger charge is -2.25. The van der Waals surface area contributed by atoms with E-state index in [1.54, 1.807) is 0 Å². The van der Waals surface area contributed by atoms with Crippen LogP contribution in [0.4, 0.5) is 0 Å². The second-order valence-electron chi connectivity index (χ2n) is 6.26. The molecule has 1 fully saturated rings. The van der Waals surface area contributed by atoms with Crippen molar-refractivity contribution in [3.63, 3.8) is 0 Å². The van der Waals surface area contributed by atoms with E-state index in [0.29, 0.717) is 31.2 Å². The lowest BCUT2D eigenvalue weighted by atomic mass is 10.1. The number of nitrogens with zero attached hydrogens (tertiary/aromatic N) is 2. The van der Waals surface area contributed by atoms with Crippen molar-refractivity contribution in [2.24, 2.45) is 5.92 Å². The normalized spacial score (nSPS) is 21.2. The summed E-state index contributed by atoms with van der Waals surface area (Å²) in [6.07, 6.45) is 3.50. The molecular weight excluding hydrogens is 286 g/mol. The molecular formula is C15H25N3O2S. The maximum absolute atomic E-state index is 11.7. The van der Waals surface area contributed by atoms with Gasteiger partial charge in [-0.2, -0.15) is 5.10 Å². The van der Waals surface area contributed by atoms with Crippen LogP contribution in [0.1, 0.15) is 31.7 Å². The smallest absolute Gasteiger partial charge is 0.151 e. The Balaban J connectivity index is 2.02. The zero-order valence-corrected chi connectivity index (χ0v) is 13.7. The van der Waals surface area contributed by atoms with Gasteiger partial charge in [-0.1, -0.05) is 19.9 Å². The largest absolute Gasteiger partial charge is 0.290 e. The quantitative estimate of drug-likeness (QED) is 0.780. The van der Waals surface area contributed by atoms with Crippen molar-refractivity contribution >= 4 is 9.84 Å². The summed E-state index contributed by atoms with van der Waals surface area (Å²) < 4.78 is 23.3. The van der Waals surface area contributed by atoms with Gasteiger partial charge < -0.3 is 0 Å². The average molecular weight is 311 g/mol. The van der Waals surface area contributed by atoms with E-state index in [1.165, 1.54) is 0 Å². The Morgan fingerprint density at radius 2 is 2.33 bits per heavy atom. The van der Waals surface area contributed by atoms with Crippen LogP contribution in [0.3, 0.4) is 0 Å². The van der Waals surface area contributed by atoms with Crippen molar-refractivity contribution in [3.8, 4) is 0 Å². The lowest BCUT2D eigenvalue weighted by molar-refractivity contribution is 0.224. The van der Waals surface area contributed by atoms with Crippen molar-refractivity contribution < 1.29 is 8.42 Å². The fourth-order valence-electron chi connectivity index (χ4n) is 2.80. The summed E-state index contributed by atoms with van der Waals surface area (Å²) in [7, 11) is -2.86. The molecule has 1 atom stereocenters. The summed E-state index contributed by atoms with van der Waals surface area (Å²) in [5, 5.41) is 7.40. The Bertz CT molecular complexity index is 577. The molecule has 1 N–H and O–H groups in total. The molecule has 0 aliphatic carbocycles. The number of H-pyrrole nitrogens is 1. The Kier molecular flexibility index (Phi) is 5.22. The van der Waals surface area contributed by atoms with Crippen LogP contribution in [0.2, 0.25) is 0 Å². The molecule has 1 aromatic rings. The molecule has 0 saturated carbocycles. The van der Waals surface area contributed by atoms with Gasteiger partial charge in [-0.25, -0.2) is 8.42 Å². The maximum Gasteiger partial charge on any atom is 0.151 e. The first-order chi connectivity index (χ1) is 9.89. The topological polar surface area (TPSA) is 66.1 Å². The minimum absolute atomic E-state index is 0.0878. The molecule has 21 heavy (non-hydrogen) atoms. The highest BCUT2D eigenvalue weighted by atomic mass is 32.2. The van der Waals surface area contributed by atoms with E-state index < -0.39 is 9.84 Å². The molecule has 0 amide bonds. The average Bonchev–Trinajstić information content (AvgIpc) is 2.95. The van der Waals surface area contributed by atoms with Gasteiger partial charge in [-0.15, -0.1) is 6.58 Å². The van der Waals surface area contributed by atoms with Crippen molar-refractivity contribution in [3.05, 3.63) is 30.1 Å². The first-order valence-corrected chi connectivity index (χ1v) is 9.30. The predicted octanol–water partition coefficient (Wildman–Crippen LogP) is 1.78. The van der Waals surface area contributed by atoms with E-state index in [-0.39, 0.29) is 11.8 Å². The maximum atomic E-state index is 11.7. The van der Waals surface area contributed by atoms with Gasteiger partial charge in [0.1, 0.15) is 0 Å². The summed E-state index contributed by atoms with van der Waals surface area (Å²) in [5.74, 6) is 1.13. The van der Waals surface area contributed by atoms with E-state index in [4.69, 9.17) is 0 Å². The summed E-state index contributed by atoms with van der Waals surface area (Å²) in [6.45, 7) is 9.50. The molecule has 1 aliphatic heterocycles. The van der Waals surface area contributed by atoms with E-state index in [1.807, 2.05) is 6.08 Å². The van der Waals surface area contributed by atoms with Gasteiger partial charge in [0.2, 0.25) is 0 Å². The van der Waals surface area contributed by atoms with Crippen LogP contribution in [-0.4, -0.2) is 47.6 Å². The van der Waals surface area contributed by atoms with Gasteiger partial charge >= 0.3 is 0 Å². The molecule has 2 heterocycles. The van der Waals surface area contributed by atoms with Crippen LogP contribution in [0, 0.1) is 5.92 Å². The van der Waals surface area contributed by atoms with Gasteiger partial charge in [0.15, 0.2) is 9.84 Å². The predicted molar refractivity (Wildman–Crippen MR) is 84.8 cm³/mol. The number of hydrogen-bond donors (Lipinski definition) is 1. The Morgan fingerprint density at radius 1 is 1.57 bits per heavy atom. The van der Waals surface area contributed by atoms with Crippen LogP contribution in [0.5, 0.6) is 0 Å². The van der Waals surface area contributed by atoms with E-state index in [9.17, 15) is 8.42 Å².